The molecule has 0 aliphatic heterocycles. The number of fused-ring (bicyclic) bond motifs is 1. The Labute approximate surface area is 112 Å². The maximum Gasteiger partial charge on any atom is 0.224 e. The number of nitrogens with zero attached hydrogens (tertiary/aromatic N) is 3. The number of hydrogen-bond acceptors (Lipinski definition) is 5. The Morgan fingerprint density at radius 3 is 3.05 bits per heavy atom. The quantitative estimate of drug-likeness (QED) is 0.721. The molecule has 2 aromatic heterocycles. The molecule has 0 aromatic carbocycles. The Balaban J connectivity index is 1.82. The predicted octanol–water partition coefficient (Wildman–Crippen LogP) is 2.32. The third-order valence-corrected chi connectivity index (χ3v) is 3.93. The van der Waals surface area contributed by atoms with E-state index in [2.05, 4.69) is 32.4 Å². The third kappa shape index (κ3) is 2.62. The molecule has 0 radical (unpaired) electrons. The van der Waals surface area contributed by atoms with Gasteiger partial charge in [0, 0.05) is 6.04 Å². The van der Waals surface area contributed by atoms with Gasteiger partial charge in [-0.3, -0.25) is 5.10 Å². The van der Waals surface area contributed by atoms with Crippen molar-refractivity contribution < 1.29 is 0 Å². The second-order valence-electron chi connectivity index (χ2n) is 5.52. The first kappa shape index (κ1) is 12.2. The van der Waals surface area contributed by atoms with Gasteiger partial charge in [0.05, 0.1) is 11.6 Å². The molecule has 0 amide bonds. The minimum absolute atomic E-state index is 0.279. The summed E-state index contributed by atoms with van der Waals surface area (Å²) < 4.78 is 0. The van der Waals surface area contributed by atoms with Gasteiger partial charge in [0.1, 0.15) is 5.82 Å². The zero-order valence-electron chi connectivity index (χ0n) is 11.2. The van der Waals surface area contributed by atoms with E-state index in [4.69, 9.17) is 5.73 Å². The molecule has 0 spiro atoms. The highest BCUT2D eigenvalue weighted by Gasteiger charge is 2.18. The average Bonchev–Trinajstić information content (AvgIpc) is 2.74. The van der Waals surface area contributed by atoms with Crippen molar-refractivity contribution >= 4 is 22.8 Å². The van der Waals surface area contributed by atoms with Crippen molar-refractivity contribution in [3.05, 3.63) is 6.20 Å². The lowest BCUT2D eigenvalue weighted by molar-refractivity contribution is 0.502. The fourth-order valence-corrected chi connectivity index (χ4v) is 2.79. The molecule has 0 saturated heterocycles. The first-order valence-corrected chi connectivity index (χ1v) is 6.95. The van der Waals surface area contributed by atoms with Gasteiger partial charge in [-0.1, -0.05) is 19.8 Å². The topological polar surface area (TPSA) is 92.5 Å². The van der Waals surface area contributed by atoms with E-state index < -0.39 is 0 Å². The van der Waals surface area contributed by atoms with Crippen molar-refractivity contribution in [3.63, 3.8) is 0 Å². The number of anilines is 2. The van der Waals surface area contributed by atoms with E-state index in [1.807, 2.05) is 0 Å². The standard InChI is InChI=1S/C13H20N6/c1-8-3-2-4-9(6-5-8)16-11-10-7-15-19-12(10)18-13(14)17-11/h7-9H,2-6H2,1H3,(H4,14,15,16,17,18,19). The molecule has 102 valence electrons. The zero-order valence-corrected chi connectivity index (χ0v) is 11.2. The molecule has 1 aliphatic rings. The van der Waals surface area contributed by atoms with Gasteiger partial charge in [0.15, 0.2) is 5.65 Å². The number of aromatic amines is 1. The first-order chi connectivity index (χ1) is 9.22. The Hall–Kier alpha value is -1.85. The summed E-state index contributed by atoms with van der Waals surface area (Å²) in [6.45, 7) is 2.33. The molecule has 3 rings (SSSR count). The molecule has 4 N–H and O–H groups in total. The summed E-state index contributed by atoms with van der Waals surface area (Å²) in [5.41, 5.74) is 6.42. The summed E-state index contributed by atoms with van der Waals surface area (Å²) in [4.78, 5) is 8.44. The van der Waals surface area contributed by atoms with Crippen LogP contribution in [-0.2, 0) is 0 Å². The van der Waals surface area contributed by atoms with Crippen LogP contribution in [0, 0.1) is 5.92 Å². The third-order valence-electron chi connectivity index (χ3n) is 3.93. The fraction of sp³-hybridized carbons (Fsp3) is 0.615. The predicted molar refractivity (Wildman–Crippen MR) is 75.8 cm³/mol. The summed E-state index contributed by atoms with van der Waals surface area (Å²) in [5, 5.41) is 11.3. The van der Waals surface area contributed by atoms with Crippen LogP contribution in [0.5, 0.6) is 0 Å². The summed E-state index contributed by atoms with van der Waals surface area (Å²) in [6, 6.07) is 0.470. The molecule has 1 aliphatic carbocycles. The summed E-state index contributed by atoms with van der Waals surface area (Å²) in [6.07, 6.45) is 7.99. The van der Waals surface area contributed by atoms with E-state index in [0.717, 1.165) is 17.1 Å². The lowest BCUT2D eigenvalue weighted by atomic mass is 10.0. The van der Waals surface area contributed by atoms with Crippen LogP contribution in [0.4, 0.5) is 11.8 Å². The summed E-state index contributed by atoms with van der Waals surface area (Å²) in [7, 11) is 0. The Morgan fingerprint density at radius 2 is 2.16 bits per heavy atom. The lowest BCUT2D eigenvalue weighted by Gasteiger charge is -2.17. The number of nitrogens with two attached hydrogens (primary N) is 1. The largest absolute Gasteiger partial charge is 0.368 e. The number of hydrogen-bond donors (Lipinski definition) is 3. The van der Waals surface area contributed by atoms with Gasteiger partial charge in [-0.05, 0) is 25.2 Å². The van der Waals surface area contributed by atoms with Crippen molar-refractivity contribution in [2.75, 3.05) is 11.1 Å². The molecule has 2 atom stereocenters. The highest BCUT2D eigenvalue weighted by molar-refractivity contribution is 5.86. The molecule has 0 bridgehead atoms. The van der Waals surface area contributed by atoms with Crippen LogP contribution < -0.4 is 11.1 Å². The van der Waals surface area contributed by atoms with Crippen molar-refractivity contribution in [2.45, 2.75) is 45.1 Å². The smallest absolute Gasteiger partial charge is 0.224 e. The van der Waals surface area contributed by atoms with Crippen LogP contribution in [0.15, 0.2) is 6.20 Å². The second kappa shape index (κ2) is 5.03. The lowest BCUT2D eigenvalue weighted by Crippen LogP contribution is -2.19. The minimum Gasteiger partial charge on any atom is -0.368 e. The van der Waals surface area contributed by atoms with Gasteiger partial charge in [0.2, 0.25) is 5.95 Å². The molecule has 19 heavy (non-hydrogen) atoms. The highest BCUT2D eigenvalue weighted by Crippen LogP contribution is 2.26. The van der Waals surface area contributed by atoms with E-state index in [9.17, 15) is 0 Å². The van der Waals surface area contributed by atoms with Gasteiger partial charge in [-0.2, -0.15) is 15.1 Å². The molecule has 1 fully saturated rings. The van der Waals surface area contributed by atoms with Crippen molar-refractivity contribution in [2.24, 2.45) is 5.92 Å². The van der Waals surface area contributed by atoms with Crippen LogP contribution in [0.2, 0.25) is 0 Å². The number of nitrogen functional groups attached to an aromatic ring is 1. The molecule has 2 heterocycles. The van der Waals surface area contributed by atoms with Gasteiger partial charge >= 0.3 is 0 Å². The van der Waals surface area contributed by atoms with E-state index in [0.29, 0.717) is 11.7 Å². The number of nitrogens with one attached hydrogen (secondary N) is 2. The minimum atomic E-state index is 0.279. The van der Waals surface area contributed by atoms with Crippen LogP contribution in [0.25, 0.3) is 11.0 Å². The van der Waals surface area contributed by atoms with Gasteiger partial charge < -0.3 is 11.1 Å². The SMILES string of the molecule is CC1CCCC(Nc2nc(N)nc3[nH]ncc23)CC1. The van der Waals surface area contributed by atoms with Crippen LogP contribution in [0.3, 0.4) is 0 Å². The van der Waals surface area contributed by atoms with Crippen molar-refractivity contribution in [3.8, 4) is 0 Å². The molecular weight excluding hydrogens is 240 g/mol. The number of aromatic nitrogens is 4. The fourth-order valence-electron chi connectivity index (χ4n) is 2.79. The van der Waals surface area contributed by atoms with Crippen molar-refractivity contribution in [1.29, 1.82) is 0 Å². The number of rotatable bonds is 2. The molecule has 2 aromatic rings. The monoisotopic (exact) mass is 260 g/mol. The normalized spacial score (nSPS) is 24.3. The van der Waals surface area contributed by atoms with Gasteiger partial charge in [-0.15, -0.1) is 0 Å². The Kier molecular flexibility index (Phi) is 3.23. The van der Waals surface area contributed by atoms with Gasteiger partial charge in [-0.25, -0.2) is 0 Å². The van der Waals surface area contributed by atoms with Crippen LogP contribution in [-0.4, -0.2) is 26.2 Å². The second-order valence-corrected chi connectivity index (χ2v) is 5.52. The Morgan fingerprint density at radius 1 is 1.26 bits per heavy atom. The van der Waals surface area contributed by atoms with E-state index in [1.54, 1.807) is 6.20 Å². The average molecular weight is 260 g/mol. The first-order valence-electron chi connectivity index (χ1n) is 6.95. The summed E-state index contributed by atoms with van der Waals surface area (Å²) >= 11 is 0. The van der Waals surface area contributed by atoms with Crippen LogP contribution >= 0.6 is 0 Å². The van der Waals surface area contributed by atoms with Crippen molar-refractivity contribution in [1.82, 2.24) is 20.2 Å². The Bertz CT molecular complexity index is 563. The van der Waals surface area contributed by atoms with Crippen LogP contribution in [0.1, 0.15) is 39.0 Å². The zero-order chi connectivity index (χ0) is 13.2. The van der Waals surface area contributed by atoms with E-state index in [1.165, 1.54) is 32.1 Å². The van der Waals surface area contributed by atoms with E-state index >= 15 is 0 Å². The maximum atomic E-state index is 5.73. The molecule has 1 saturated carbocycles. The number of H-pyrrole nitrogens is 1. The molecular formula is C13H20N6. The molecule has 6 heteroatoms. The molecule has 2 unspecified atom stereocenters. The molecule has 6 nitrogen and oxygen atoms in total. The summed E-state index contributed by atoms with van der Waals surface area (Å²) in [5.74, 6) is 1.91. The maximum absolute atomic E-state index is 5.73. The van der Waals surface area contributed by atoms with E-state index in [-0.39, 0.29) is 5.95 Å². The highest BCUT2D eigenvalue weighted by atomic mass is 15.2. The van der Waals surface area contributed by atoms with Gasteiger partial charge in [0.25, 0.3) is 0 Å².